The van der Waals surface area contributed by atoms with Crippen molar-refractivity contribution in [3.8, 4) is 11.5 Å². The lowest BCUT2D eigenvalue weighted by molar-refractivity contribution is -0.113. The first-order valence-electron chi connectivity index (χ1n) is 9.79. The Kier molecular flexibility index (Phi) is 6.39. The Morgan fingerprint density at radius 1 is 0.968 bits per heavy atom. The van der Waals surface area contributed by atoms with Gasteiger partial charge in [0.05, 0.1) is 17.7 Å². The van der Waals surface area contributed by atoms with E-state index in [-0.39, 0.29) is 12.0 Å². The number of anilines is 1. The second kappa shape index (κ2) is 9.37. The molecule has 1 amide bonds. The maximum Gasteiger partial charge on any atom is 0.270 e. The first kappa shape index (κ1) is 21.2. The predicted octanol–water partition coefficient (Wildman–Crippen LogP) is 6.24. The molecular formula is C25H21NO3S2. The van der Waals surface area contributed by atoms with Crippen LogP contribution >= 0.6 is 24.0 Å². The lowest BCUT2D eigenvalue weighted by Gasteiger charge is -2.17. The van der Waals surface area contributed by atoms with Crippen LogP contribution in [0, 0.1) is 0 Å². The molecule has 1 heterocycles. The molecule has 0 unspecified atom stereocenters. The van der Waals surface area contributed by atoms with Crippen LogP contribution in [0.5, 0.6) is 11.5 Å². The van der Waals surface area contributed by atoms with E-state index in [2.05, 4.69) is 0 Å². The number of carbonyl (C=O) groups is 1. The average molecular weight is 448 g/mol. The van der Waals surface area contributed by atoms with Gasteiger partial charge >= 0.3 is 0 Å². The molecule has 0 bridgehead atoms. The quantitative estimate of drug-likeness (QED) is 0.330. The van der Waals surface area contributed by atoms with Gasteiger partial charge in [-0.25, -0.2) is 0 Å². The zero-order valence-electron chi connectivity index (χ0n) is 17.1. The van der Waals surface area contributed by atoms with Crippen molar-refractivity contribution in [1.82, 2.24) is 0 Å². The van der Waals surface area contributed by atoms with Crippen molar-refractivity contribution in [2.24, 2.45) is 0 Å². The molecule has 0 aliphatic carbocycles. The van der Waals surface area contributed by atoms with Crippen molar-refractivity contribution >= 4 is 46.0 Å². The minimum atomic E-state index is -0.127. The summed E-state index contributed by atoms with van der Waals surface area (Å²) in [4.78, 5) is 15.1. The van der Waals surface area contributed by atoms with Crippen LogP contribution in [0.15, 0.2) is 83.8 Å². The summed E-state index contributed by atoms with van der Waals surface area (Å²) in [5.41, 5.74) is 2.69. The number of hydrogen-bond acceptors (Lipinski definition) is 5. The van der Waals surface area contributed by atoms with E-state index in [9.17, 15) is 4.79 Å². The van der Waals surface area contributed by atoms with Gasteiger partial charge in [-0.2, -0.15) is 0 Å². The Morgan fingerprint density at radius 2 is 1.65 bits per heavy atom. The van der Waals surface area contributed by atoms with Crippen LogP contribution in [0.1, 0.15) is 24.2 Å². The van der Waals surface area contributed by atoms with Crippen LogP contribution in [0.25, 0.3) is 6.08 Å². The van der Waals surface area contributed by atoms with Crippen molar-refractivity contribution in [1.29, 1.82) is 0 Å². The number of rotatable bonds is 6. The summed E-state index contributed by atoms with van der Waals surface area (Å²) in [7, 11) is 1.61. The number of carbonyl (C=O) groups excluding carboxylic acids is 1. The number of thioether (sulfide) groups is 1. The Bertz CT molecular complexity index is 1130. The molecule has 0 spiro atoms. The average Bonchev–Trinajstić information content (AvgIpc) is 3.08. The summed E-state index contributed by atoms with van der Waals surface area (Å²) < 4.78 is 12.2. The van der Waals surface area contributed by atoms with Crippen LogP contribution in [0.4, 0.5) is 5.69 Å². The van der Waals surface area contributed by atoms with E-state index < -0.39 is 0 Å². The molecule has 0 radical (unpaired) electrons. The Hall–Kier alpha value is -3.09. The van der Waals surface area contributed by atoms with Gasteiger partial charge in [0.15, 0.2) is 15.8 Å². The number of amides is 1. The van der Waals surface area contributed by atoms with Gasteiger partial charge in [0.25, 0.3) is 5.91 Å². The summed E-state index contributed by atoms with van der Waals surface area (Å²) in [6, 6.07) is 25.1. The molecule has 3 aromatic carbocycles. The van der Waals surface area contributed by atoms with Gasteiger partial charge in [-0.15, -0.1) is 0 Å². The molecule has 6 heteroatoms. The van der Waals surface area contributed by atoms with Crippen molar-refractivity contribution in [3.05, 3.63) is 94.9 Å². The van der Waals surface area contributed by atoms with Crippen molar-refractivity contribution in [2.45, 2.75) is 13.0 Å². The van der Waals surface area contributed by atoms with Crippen LogP contribution in [0.2, 0.25) is 0 Å². The topological polar surface area (TPSA) is 38.8 Å². The van der Waals surface area contributed by atoms with Crippen LogP contribution in [0.3, 0.4) is 0 Å². The highest BCUT2D eigenvalue weighted by Gasteiger charge is 2.33. The number of nitrogens with zero attached hydrogens (tertiary/aromatic N) is 1. The fourth-order valence-electron chi connectivity index (χ4n) is 3.27. The van der Waals surface area contributed by atoms with Crippen LogP contribution in [-0.2, 0) is 4.79 Å². The van der Waals surface area contributed by atoms with Gasteiger partial charge in [-0.05, 0) is 48.4 Å². The number of ether oxygens (including phenoxy) is 2. The SMILES string of the molecule is COc1cc(/C=C2/SC(=S)N(c3ccccc3)C2=O)ccc1O[C@@H](C)c1ccccc1. The molecule has 0 N–H and O–H groups in total. The molecule has 4 rings (SSSR count). The Labute approximate surface area is 191 Å². The van der Waals surface area contributed by atoms with E-state index >= 15 is 0 Å². The lowest BCUT2D eigenvalue weighted by Crippen LogP contribution is -2.27. The van der Waals surface area contributed by atoms with Gasteiger partial charge in [-0.3, -0.25) is 9.69 Å². The minimum absolute atomic E-state index is 0.122. The summed E-state index contributed by atoms with van der Waals surface area (Å²) in [6.07, 6.45) is 1.71. The first-order valence-corrected chi connectivity index (χ1v) is 11.0. The van der Waals surface area contributed by atoms with Crippen molar-refractivity contribution in [2.75, 3.05) is 12.0 Å². The third-order valence-electron chi connectivity index (χ3n) is 4.87. The second-order valence-electron chi connectivity index (χ2n) is 6.93. The molecule has 3 aromatic rings. The molecule has 4 nitrogen and oxygen atoms in total. The molecule has 0 aromatic heterocycles. The standard InChI is InChI=1S/C25H21NO3S2/c1-17(19-9-5-3-6-10-19)29-21-14-13-18(15-22(21)28-2)16-23-24(27)26(25(30)31-23)20-11-7-4-8-12-20/h3-17H,1-2H3/b23-16+/t17-/m0/s1. The number of para-hydroxylation sites is 1. The summed E-state index contributed by atoms with van der Waals surface area (Å²) in [5, 5.41) is 0. The zero-order valence-corrected chi connectivity index (χ0v) is 18.8. The third-order valence-corrected chi connectivity index (χ3v) is 6.17. The fraction of sp³-hybridized carbons (Fsp3) is 0.120. The summed E-state index contributed by atoms with van der Waals surface area (Å²) >= 11 is 6.73. The monoisotopic (exact) mass is 447 g/mol. The van der Waals surface area contributed by atoms with Crippen LogP contribution in [-0.4, -0.2) is 17.3 Å². The van der Waals surface area contributed by atoms with E-state index in [1.54, 1.807) is 12.0 Å². The summed E-state index contributed by atoms with van der Waals surface area (Å²) in [6.45, 7) is 2.00. The lowest BCUT2D eigenvalue weighted by atomic mass is 10.1. The Balaban J connectivity index is 1.56. The number of hydrogen-bond donors (Lipinski definition) is 0. The molecule has 1 atom stereocenters. The zero-order chi connectivity index (χ0) is 21.8. The van der Waals surface area contributed by atoms with E-state index in [1.165, 1.54) is 11.8 Å². The molecule has 1 aliphatic heterocycles. The highest BCUT2D eigenvalue weighted by atomic mass is 32.2. The highest BCUT2D eigenvalue weighted by Crippen LogP contribution is 2.37. The minimum Gasteiger partial charge on any atom is -0.493 e. The van der Waals surface area contributed by atoms with Gasteiger partial charge in [0.2, 0.25) is 0 Å². The van der Waals surface area contributed by atoms with Gasteiger partial charge < -0.3 is 9.47 Å². The highest BCUT2D eigenvalue weighted by molar-refractivity contribution is 8.27. The first-order chi connectivity index (χ1) is 15.1. The molecule has 31 heavy (non-hydrogen) atoms. The molecule has 156 valence electrons. The summed E-state index contributed by atoms with van der Waals surface area (Å²) in [5.74, 6) is 1.13. The number of thiocarbonyl (C=S) groups is 1. The fourth-order valence-corrected chi connectivity index (χ4v) is 4.57. The van der Waals surface area contributed by atoms with Gasteiger partial charge in [0.1, 0.15) is 6.10 Å². The number of methoxy groups -OCH3 is 1. The van der Waals surface area contributed by atoms with E-state index in [0.717, 1.165) is 16.8 Å². The molecule has 0 saturated carbocycles. The molecule has 1 fully saturated rings. The largest absolute Gasteiger partial charge is 0.493 e. The number of benzene rings is 3. The molecule has 1 saturated heterocycles. The van der Waals surface area contributed by atoms with E-state index in [4.69, 9.17) is 21.7 Å². The van der Waals surface area contributed by atoms with Gasteiger partial charge in [-0.1, -0.05) is 78.6 Å². The smallest absolute Gasteiger partial charge is 0.270 e. The second-order valence-corrected chi connectivity index (χ2v) is 8.61. The third kappa shape index (κ3) is 4.65. The van der Waals surface area contributed by atoms with E-state index in [1.807, 2.05) is 91.9 Å². The van der Waals surface area contributed by atoms with E-state index in [0.29, 0.717) is 20.7 Å². The van der Waals surface area contributed by atoms with Crippen molar-refractivity contribution in [3.63, 3.8) is 0 Å². The van der Waals surface area contributed by atoms with Crippen molar-refractivity contribution < 1.29 is 14.3 Å². The van der Waals surface area contributed by atoms with Crippen LogP contribution < -0.4 is 14.4 Å². The molecule has 1 aliphatic rings. The predicted molar refractivity (Wildman–Crippen MR) is 131 cm³/mol. The normalized spacial score (nSPS) is 15.9. The maximum atomic E-state index is 12.9. The molecular weight excluding hydrogens is 426 g/mol. The Morgan fingerprint density at radius 3 is 2.32 bits per heavy atom. The maximum absolute atomic E-state index is 12.9. The van der Waals surface area contributed by atoms with Gasteiger partial charge in [0, 0.05) is 0 Å².